The number of amides is 2. The molecule has 144 valence electrons. The third kappa shape index (κ3) is 3.24. The lowest BCUT2D eigenvalue weighted by Gasteiger charge is -2.39. The maximum atomic E-state index is 12.9. The zero-order valence-corrected chi connectivity index (χ0v) is 15.7. The van der Waals surface area contributed by atoms with Crippen LogP contribution in [0, 0.1) is 0 Å². The number of rotatable bonds is 3. The van der Waals surface area contributed by atoms with Gasteiger partial charge in [0.05, 0.1) is 17.8 Å². The zero-order chi connectivity index (χ0) is 19.7. The summed E-state index contributed by atoms with van der Waals surface area (Å²) in [4.78, 5) is 45.8. The largest absolute Gasteiger partial charge is 0.382 e. The lowest BCUT2D eigenvalue weighted by Crippen LogP contribution is -2.57. The fraction of sp³-hybridized carbons (Fsp3) is 0.333. The summed E-state index contributed by atoms with van der Waals surface area (Å²) in [5.74, 6) is -1.42. The summed E-state index contributed by atoms with van der Waals surface area (Å²) in [6.45, 7) is 3.47. The van der Waals surface area contributed by atoms with Crippen LogP contribution in [0.1, 0.15) is 28.8 Å². The Morgan fingerprint density at radius 2 is 1.89 bits per heavy atom. The van der Waals surface area contributed by atoms with Crippen molar-refractivity contribution in [3.63, 3.8) is 0 Å². The number of carbonyl (C=O) groups is 3. The van der Waals surface area contributed by atoms with E-state index < -0.39 is 17.6 Å². The molecule has 2 aliphatic heterocycles. The molecule has 1 saturated heterocycles. The lowest BCUT2D eigenvalue weighted by molar-refractivity contribution is -0.148. The van der Waals surface area contributed by atoms with E-state index >= 15 is 0 Å². The summed E-state index contributed by atoms with van der Waals surface area (Å²) in [7, 11) is 0. The van der Waals surface area contributed by atoms with Crippen LogP contribution < -0.4 is 5.32 Å². The first-order valence-corrected chi connectivity index (χ1v) is 9.43. The second-order valence-electron chi connectivity index (χ2n) is 7.23. The molecule has 1 unspecified atom stereocenters. The molecule has 1 aromatic carbocycles. The Morgan fingerprint density at radius 3 is 2.64 bits per heavy atom. The fourth-order valence-corrected chi connectivity index (χ4v) is 3.91. The van der Waals surface area contributed by atoms with Gasteiger partial charge in [0.2, 0.25) is 5.78 Å². The van der Waals surface area contributed by atoms with Gasteiger partial charge in [0, 0.05) is 44.0 Å². The maximum Gasteiger partial charge on any atom is 0.291 e. The first-order chi connectivity index (χ1) is 13.6. The fourth-order valence-electron chi connectivity index (χ4n) is 3.91. The van der Waals surface area contributed by atoms with E-state index in [1.807, 2.05) is 25.1 Å². The van der Waals surface area contributed by atoms with Crippen molar-refractivity contribution >= 4 is 23.3 Å². The number of ketones is 1. The molecular formula is C21H22N4O3. The standard InChI is InChI=1S/C21H22N4O3/c1-14-13-24(20(27)15-5-3-2-4-6-15)9-10-25(14)21(28)19(26)17-11-23-18-12-22-8-7-16(17)18/h2-8,12,14,17,23H,9-11,13H2,1H3/t14-,17?/m1/s1. The quantitative estimate of drug-likeness (QED) is 0.819. The van der Waals surface area contributed by atoms with E-state index in [1.165, 1.54) is 0 Å². The predicted octanol–water partition coefficient (Wildman–Crippen LogP) is 1.53. The van der Waals surface area contributed by atoms with Crippen LogP contribution in [0.3, 0.4) is 0 Å². The number of fused-ring (bicyclic) bond motifs is 1. The monoisotopic (exact) mass is 378 g/mol. The molecular weight excluding hydrogens is 356 g/mol. The van der Waals surface area contributed by atoms with Gasteiger partial charge in [-0.25, -0.2) is 0 Å². The van der Waals surface area contributed by atoms with Crippen molar-refractivity contribution in [2.24, 2.45) is 0 Å². The molecule has 1 N–H and O–H groups in total. The summed E-state index contributed by atoms with van der Waals surface area (Å²) in [5.41, 5.74) is 2.26. The Hall–Kier alpha value is -3.22. The van der Waals surface area contributed by atoms with Crippen molar-refractivity contribution in [3.8, 4) is 0 Å². The first kappa shape index (κ1) is 18.2. The molecule has 0 aliphatic carbocycles. The average Bonchev–Trinajstić information content (AvgIpc) is 3.17. The summed E-state index contributed by atoms with van der Waals surface area (Å²) in [6, 6.07) is 10.7. The van der Waals surface area contributed by atoms with Gasteiger partial charge in [-0.1, -0.05) is 18.2 Å². The van der Waals surface area contributed by atoms with E-state index in [1.54, 1.807) is 40.4 Å². The number of Topliss-reactive ketones (excluding diaryl/α,β-unsaturated/α-hetero) is 1. The molecule has 3 heterocycles. The Kier molecular flexibility index (Phi) is 4.81. The van der Waals surface area contributed by atoms with E-state index in [0.717, 1.165) is 11.3 Å². The van der Waals surface area contributed by atoms with Crippen LogP contribution in [0.5, 0.6) is 0 Å². The molecule has 28 heavy (non-hydrogen) atoms. The molecule has 0 radical (unpaired) electrons. The van der Waals surface area contributed by atoms with E-state index in [2.05, 4.69) is 10.3 Å². The Labute approximate surface area is 163 Å². The molecule has 2 atom stereocenters. The number of nitrogens with one attached hydrogen (secondary N) is 1. The molecule has 2 amide bonds. The van der Waals surface area contributed by atoms with Crippen LogP contribution in [0.25, 0.3) is 0 Å². The van der Waals surface area contributed by atoms with Crippen LogP contribution in [-0.4, -0.2) is 64.6 Å². The van der Waals surface area contributed by atoms with Gasteiger partial charge in [0.1, 0.15) is 0 Å². The van der Waals surface area contributed by atoms with E-state index in [-0.39, 0.29) is 11.9 Å². The van der Waals surface area contributed by atoms with Crippen molar-refractivity contribution < 1.29 is 14.4 Å². The maximum absolute atomic E-state index is 12.9. The molecule has 7 heteroatoms. The number of piperazine rings is 1. The van der Waals surface area contributed by atoms with Crippen molar-refractivity contribution in [1.82, 2.24) is 14.8 Å². The Balaban J connectivity index is 1.43. The Morgan fingerprint density at radius 1 is 1.11 bits per heavy atom. The molecule has 1 aromatic heterocycles. The predicted molar refractivity (Wildman–Crippen MR) is 104 cm³/mol. The number of hydrogen-bond acceptors (Lipinski definition) is 5. The topological polar surface area (TPSA) is 82.6 Å². The summed E-state index contributed by atoms with van der Waals surface area (Å²) >= 11 is 0. The minimum Gasteiger partial charge on any atom is -0.382 e. The second kappa shape index (κ2) is 7.42. The zero-order valence-electron chi connectivity index (χ0n) is 15.7. The van der Waals surface area contributed by atoms with Crippen LogP contribution in [0.4, 0.5) is 5.69 Å². The number of aromatic nitrogens is 1. The third-order valence-corrected chi connectivity index (χ3v) is 5.45. The molecule has 0 bridgehead atoms. The van der Waals surface area contributed by atoms with Crippen molar-refractivity contribution in [2.75, 3.05) is 31.5 Å². The van der Waals surface area contributed by atoms with Crippen LogP contribution >= 0.6 is 0 Å². The van der Waals surface area contributed by atoms with Gasteiger partial charge in [-0.3, -0.25) is 19.4 Å². The summed E-state index contributed by atoms with van der Waals surface area (Å²) in [5, 5.41) is 3.13. The van der Waals surface area contributed by atoms with E-state index in [0.29, 0.717) is 31.7 Å². The molecule has 0 spiro atoms. The van der Waals surface area contributed by atoms with E-state index in [4.69, 9.17) is 0 Å². The van der Waals surface area contributed by atoms with Gasteiger partial charge < -0.3 is 15.1 Å². The van der Waals surface area contributed by atoms with Gasteiger partial charge >= 0.3 is 0 Å². The smallest absolute Gasteiger partial charge is 0.291 e. The Bertz CT molecular complexity index is 915. The number of pyridine rings is 1. The minimum absolute atomic E-state index is 0.0488. The van der Waals surface area contributed by atoms with Gasteiger partial charge in [-0.15, -0.1) is 0 Å². The van der Waals surface area contributed by atoms with Gasteiger partial charge in [-0.05, 0) is 30.7 Å². The number of hydrogen-bond donors (Lipinski definition) is 1. The summed E-state index contributed by atoms with van der Waals surface area (Å²) < 4.78 is 0. The normalized spacial score (nSPS) is 21.0. The highest BCUT2D eigenvalue weighted by atomic mass is 16.2. The summed E-state index contributed by atoms with van der Waals surface area (Å²) in [6.07, 6.45) is 3.30. The molecule has 7 nitrogen and oxygen atoms in total. The molecule has 1 fully saturated rings. The average molecular weight is 378 g/mol. The first-order valence-electron chi connectivity index (χ1n) is 9.43. The number of nitrogens with zero attached hydrogens (tertiary/aromatic N) is 3. The number of carbonyl (C=O) groups excluding carboxylic acids is 3. The minimum atomic E-state index is -0.485. The number of anilines is 1. The van der Waals surface area contributed by atoms with Crippen molar-refractivity contribution in [1.29, 1.82) is 0 Å². The molecule has 4 rings (SSSR count). The van der Waals surface area contributed by atoms with Gasteiger partial charge in [0.25, 0.3) is 11.8 Å². The van der Waals surface area contributed by atoms with Gasteiger partial charge in [0.15, 0.2) is 0 Å². The van der Waals surface area contributed by atoms with Crippen LogP contribution in [0.2, 0.25) is 0 Å². The highest BCUT2D eigenvalue weighted by Gasteiger charge is 2.38. The molecule has 0 saturated carbocycles. The third-order valence-electron chi connectivity index (χ3n) is 5.45. The SMILES string of the molecule is C[C@@H]1CN(C(=O)c2ccccc2)CCN1C(=O)C(=O)C1CNc2cnccc21. The molecule has 2 aromatic rings. The van der Waals surface area contributed by atoms with E-state index in [9.17, 15) is 14.4 Å². The van der Waals surface area contributed by atoms with Crippen LogP contribution in [-0.2, 0) is 9.59 Å². The lowest BCUT2D eigenvalue weighted by atomic mass is 9.96. The van der Waals surface area contributed by atoms with Crippen molar-refractivity contribution in [2.45, 2.75) is 18.9 Å². The van der Waals surface area contributed by atoms with Crippen molar-refractivity contribution in [3.05, 3.63) is 59.9 Å². The highest BCUT2D eigenvalue weighted by Crippen LogP contribution is 2.31. The second-order valence-corrected chi connectivity index (χ2v) is 7.23. The molecule has 2 aliphatic rings. The number of benzene rings is 1. The highest BCUT2D eigenvalue weighted by molar-refractivity contribution is 6.38. The van der Waals surface area contributed by atoms with Crippen LogP contribution in [0.15, 0.2) is 48.8 Å². The van der Waals surface area contributed by atoms with Gasteiger partial charge in [-0.2, -0.15) is 0 Å².